The molecule has 1 N–H and O–H groups in total. The van der Waals surface area contributed by atoms with Gasteiger partial charge in [-0.2, -0.15) is 5.26 Å². The fourth-order valence-corrected chi connectivity index (χ4v) is 1.81. The highest BCUT2D eigenvalue weighted by atomic mass is 16.5. The predicted octanol–water partition coefficient (Wildman–Crippen LogP) is 2.66. The molecule has 92 valence electrons. The van der Waals surface area contributed by atoms with Gasteiger partial charge in [-0.1, -0.05) is 37.3 Å². The van der Waals surface area contributed by atoms with Crippen molar-refractivity contribution in [3.63, 3.8) is 0 Å². The van der Waals surface area contributed by atoms with Crippen LogP contribution in [-0.2, 0) is 4.74 Å². The van der Waals surface area contributed by atoms with Crippen LogP contribution >= 0.6 is 0 Å². The second-order valence-corrected chi connectivity index (χ2v) is 4.05. The van der Waals surface area contributed by atoms with Crippen LogP contribution < -0.4 is 5.32 Å². The van der Waals surface area contributed by atoms with E-state index in [0.717, 1.165) is 6.42 Å². The number of nitrogens with zero attached hydrogens (tertiary/aromatic N) is 1. The lowest BCUT2D eigenvalue weighted by Gasteiger charge is -2.23. The van der Waals surface area contributed by atoms with Gasteiger partial charge in [-0.05, 0) is 12.0 Å². The molecule has 3 heteroatoms. The summed E-state index contributed by atoms with van der Waals surface area (Å²) in [4.78, 5) is 0. The minimum Gasteiger partial charge on any atom is -0.383 e. The third-order valence-electron chi connectivity index (χ3n) is 2.80. The Kier molecular flexibility index (Phi) is 6.31. The van der Waals surface area contributed by atoms with Crippen molar-refractivity contribution in [1.82, 2.24) is 5.32 Å². The first-order valence-electron chi connectivity index (χ1n) is 5.98. The molecule has 2 unspecified atom stereocenters. The molecule has 3 nitrogen and oxygen atoms in total. The molecule has 2 atom stereocenters. The van der Waals surface area contributed by atoms with Gasteiger partial charge < -0.3 is 10.1 Å². The van der Waals surface area contributed by atoms with E-state index in [0.29, 0.717) is 13.0 Å². The van der Waals surface area contributed by atoms with Crippen molar-refractivity contribution in [1.29, 1.82) is 5.26 Å². The summed E-state index contributed by atoms with van der Waals surface area (Å²) in [6.45, 7) is 2.70. The van der Waals surface area contributed by atoms with Crippen molar-refractivity contribution >= 4 is 0 Å². The number of hydrogen-bond donors (Lipinski definition) is 1. The first-order valence-corrected chi connectivity index (χ1v) is 5.98. The van der Waals surface area contributed by atoms with Crippen LogP contribution in [0.3, 0.4) is 0 Å². The van der Waals surface area contributed by atoms with Crippen LogP contribution in [-0.4, -0.2) is 19.8 Å². The molecule has 17 heavy (non-hydrogen) atoms. The average molecular weight is 232 g/mol. The second-order valence-electron chi connectivity index (χ2n) is 4.05. The zero-order valence-corrected chi connectivity index (χ0v) is 10.5. The van der Waals surface area contributed by atoms with E-state index in [9.17, 15) is 0 Å². The van der Waals surface area contributed by atoms with Crippen molar-refractivity contribution in [2.75, 3.05) is 13.7 Å². The normalized spacial score (nSPS) is 13.9. The molecule has 0 aliphatic carbocycles. The van der Waals surface area contributed by atoms with Crippen LogP contribution in [0.4, 0.5) is 0 Å². The first kappa shape index (κ1) is 13.7. The highest BCUT2D eigenvalue weighted by Gasteiger charge is 2.15. The molecular weight excluding hydrogens is 212 g/mol. The highest BCUT2D eigenvalue weighted by molar-refractivity contribution is 5.19. The van der Waals surface area contributed by atoms with E-state index < -0.39 is 0 Å². The predicted molar refractivity (Wildman–Crippen MR) is 68.5 cm³/mol. The number of rotatable bonds is 7. The van der Waals surface area contributed by atoms with Gasteiger partial charge in [-0.3, -0.25) is 0 Å². The van der Waals surface area contributed by atoms with Crippen molar-refractivity contribution in [2.45, 2.75) is 31.8 Å². The Labute approximate surface area is 103 Å². The molecule has 0 amide bonds. The summed E-state index contributed by atoms with van der Waals surface area (Å²) in [6, 6.07) is 12.8. The van der Waals surface area contributed by atoms with Crippen molar-refractivity contribution < 1.29 is 4.74 Å². The highest BCUT2D eigenvalue weighted by Crippen LogP contribution is 2.15. The standard InChI is InChI=1S/C14H20N2O/c1-3-13(9-10-15)16-14(11-17-2)12-7-5-4-6-8-12/h4-8,13-14,16H,3,9,11H2,1-2H3. The van der Waals surface area contributed by atoms with E-state index in [1.54, 1.807) is 7.11 Å². The van der Waals surface area contributed by atoms with Crippen LogP contribution in [0.15, 0.2) is 30.3 Å². The Morgan fingerprint density at radius 1 is 1.35 bits per heavy atom. The van der Waals surface area contributed by atoms with Crippen LogP contribution in [0, 0.1) is 11.3 Å². The van der Waals surface area contributed by atoms with E-state index in [4.69, 9.17) is 10.00 Å². The van der Waals surface area contributed by atoms with Gasteiger partial charge in [-0.15, -0.1) is 0 Å². The maximum Gasteiger partial charge on any atom is 0.0657 e. The lowest BCUT2D eigenvalue weighted by molar-refractivity contribution is 0.160. The third kappa shape index (κ3) is 4.56. The second kappa shape index (κ2) is 7.83. The molecule has 0 saturated carbocycles. The van der Waals surface area contributed by atoms with Gasteiger partial charge in [0.05, 0.1) is 25.1 Å². The molecule has 0 bridgehead atoms. The van der Waals surface area contributed by atoms with Crippen molar-refractivity contribution in [3.05, 3.63) is 35.9 Å². The quantitative estimate of drug-likeness (QED) is 0.786. The lowest BCUT2D eigenvalue weighted by atomic mass is 10.0. The number of methoxy groups -OCH3 is 1. The van der Waals surface area contributed by atoms with E-state index in [1.807, 2.05) is 18.2 Å². The van der Waals surface area contributed by atoms with Crippen molar-refractivity contribution in [3.8, 4) is 6.07 Å². The monoisotopic (exact) mass is 232 g/mol. The van der Waals surface area contributed by atoms with E-state index in [2.05, 4.69) is 30.4 Å². The molecule has 1 aromatic rings. The largest absolute Gasteiger partial charge is 0.383 e. The Morgan fingerprint density at radius 3 is 2.59 bits per heavy atom. The first-order chi connectivity index (χ1) is 8.31. The van der Waals surface area contributed by atoms with Crippen molar-refractivity contribution in [2.24, 2.45) is 0 Å². The fraction of sp³-hybridized carbons (Fsp3) is 0.500. The summed E-state index contributed by atoms with van der Waals surface area (Å²) >= 11 is 0. The van der Waals surface area contributed by atoms with E-state index in [1.165, 1.54) is 5.56 Å². The Morgan fingerprint density at radius 2 is 2.06 bits per heavy atom. The summed E-state index contributed by atoms with van der Waals surface area (Å²) in [5.74, 6) is 0. The van der Waals surface area contributed by atoms with Crippen LogP contribution in [0.25, 0.3) is 0 Å². The molecule has 0 aromatic heterocycles. The number of nitriles is 1. The van der Waals surface area contributed by atoms with Crippen LogP contribution in [0.5, 0.6) is 0 Å². The molecule has 1 aromatic carbocycles. The molecule has 0 saturated heterocycles. The topological polar surface area (TPSA) is 45.0 Å². The summed E-state index contributed by atoms with van der Waals surface area (Å²) in [5, 5.41) is 12.2. The van der Waals surface area contributed by atoms with Gasteiger partial charge in [0.1, 0.15) is 0 Å². The zero-order valence-electron chi connectivity index (χ0n) is 10.5. The number of benzene rings is 1. The Balaban J connectivity index is 2.69. The lowest BCUT2D eigenvalue weighted by Crippen LogP contribution is -2.34. The average Bonchev–Trinajstić information content (AvgIpc) is 2.38. The number of nitrogens with one attached hydrogen (secondary N) is 1. The molecular formula is C14H20N2O. The molecule has 0 aliphatic heterocycles. The maximum atomic E-state index is 8.76. The smallest absolute Gasteiger partial charge is 0.0657 e. The number of hydrogen-bond acceptors (Lipinski definition) is 3. The molecule has 0 heterocycles. The summed E-state index contributed by atoms with van der Waals surface area (Å²) in [7, 11) is 1.70. The SMILES string of the molecule is CCC(CC#N)NC(COC)c1ccccc1. The van der Waals surface area contributed by atoms with Gasteiger partial charge in [0.25, 0.3) is 0 Å². The van der Waals surface area contributed by atoms with Gasteiger partial charge in [-0.25, -0.2) is 0 Å². The van der Waals surface area contributed by atoms with E-state index >= 15 is 0 Å². The molecule has 1 rings (SSSR count). The van der Waals surface area contributed by atoms with Gasteiger partial charge in [0.2, 0.25) is 0 Å². The minimum absolute atomic E-state index is 0.152. The number of ether oxygens (including phenoxy) is 1. The maximum absolute atomic E-state index is 8.76. The van der Waals surface area contributed by atoms with Gasteiger partial charge >= 0.3 is 0 Å². The summed E-state index contributed by atoms with van der Waals surface area (Å²) < 4.78 is 5.24. The molecule has 0 radical (unpaired) electrons. The van der Waals surface area contributed by atoms with Crippen LogP contribution in [0.2, 0.25) is 0 Å². The summed E-state index contributed by atoms with van der Waals surface area (Å²) in [5.41, 5.74) is 1.20. The van der Waals surface area contributed by atoms with Gasteiger partial charge in [0, 0.05) is 13.2 Å². The van der Waals surface area contributed by atoms with Gasteiger partial charge in [0.15, 0.2) is 0 Å². The Bertz CT molecular complexity index is 345. The Hall–Kier alpha value is -1.37. The molecule has 0 spiro atoms. The van der Waals surface area contributed by atoms with E-state index in [-0.39, 0.29) is 12.1 Å². The van der Waals surface area contributed by atoms with Crippen LogP contribution in [0.1, 0.15) is 31.4 Å². The summed E-state index contributed by atoms with van der Waals surface area (Å²) in [6.07, 6.45) is 1.48. The minimum atomic E-state index is 0.152. The molecule has 0 fully saturated rings. The zero-order chi connectivity index (χ0) is 12.5. The fourth-order valence-electron chi connectivity index (χ4n) is 1.81. The third-order valence-corrected chi connectivity index (χ3v) is 2.80. The molecule has 0 aliphatic rings.